The number of carbonyl (C=O) groups is 1. The summed E-state index contributed by atoms with van der Waals surface area (Å²) in [5.74, 6) is 0.326. The van der Waals surface area contributed by atoms with Gasteiger partial charge in [-0.25, -0.2) is 0 Å². The van der Waals surface area contributed by atoms with E-state index in [2.05, 4.69) is 5.32 Å². The smallest absolute Gasteiger partial charge is 0.304 e. The first kappa shape index (κ1) is 14.5. The Hall–Kier alpha value is -1.55. The maximum atomic E-state index is 10.8. The molecule has 1 aromatic rings. The second-order valence-electron chi connectivity index (χ2n) is 4.68. The average molecular weight is 251 g/mol. The maximum absolute atomic E-state index is 10.8. The van der Waals surface area contributed by atoms with Gasteiger partial charge in [-0.1, -0.05) is 26.0 Å². The van der Waals surface area contributed by atoms with Gasteiger partial charge < -0.3 is 15.2 Å². The number of hydrogen-bond acceptors (Lipinski definition) is 3. The van der Waals surface area contributed by atoms with E-state index in [1.54, 1.807) is 7.11 Å². The summed E-state index contributed by atoms with van der Waals surface area (Å²) in [6.07, 6.45) is 0.141. The molecule has 0 amide bonds. The number of hydrogen-bond donors (Lipinski definition) is 2. The van der Waals surface area contributed by atoms with E-state index in [0.717, 1.165) is 11.3 Å². The lowest BCUT2D eigenvalue weighted by molar-refractivity contribution is -0.137. The Bertz CT molecular complexity index is 390. The molecular formula is C14H21NO3. The number of ether oxygens (including phenoxy) is 1. The zero-order chi connectivity index (χ0) is 13.5. The van der Waals surface area contributed by atoms with Gasteiger partial charge in [0.25, 0.3) is 0 Å². The molecule has 100 valence electrons. The minimum absolute atomic E-state index is 0.0197. The van der Waals surface area contributed by atoms with Gasteiger partial charge in [-0.15, -0.1) is 0 Å². The minimum Gasteiger partial charge on any atom is -0.497 e. The molecule has 0 spiro atoms. The summed E-state index contributed by atoms with van der Waals surface area (Å²) in [5, 5.41) is 12.1. The third kappa shape index (κ3) is 4.75. The van der Waals surface area contributed by atoms with Crippen molar-refractivity contribution in [1.82, 2.24) is 5.32 Å². The molecule has 0 unspecified atom stereocenters. The molecule has 0 heterocycles. The molecule has 4 heteroatoms. The molecule has 0 fully saturated rings. The highest BCUT2D eigenvalue weighted by molar-refractivity contribution is 5.67. The molecule has 0 saturated carbocycles. The number of nitrogens with one attached hydrogen (secondary N) is 1. The van der Waals surface area contributed by atoms with Gasteiger partial charge in [0.2, 0.25) is 0 Å². The van der Waals surface area contributed by atoms with Crippen molar-refractivity contribution >= 4 is 5.97 Å². The van der Waals surface area contributed by atoms with Crippen LogP contribution in [-0.4, -0.2) is 24.2 Å². The highest BCUT2D eigenvalue weighted by Gasteiger charge is 2.16. The number of benzene rings is 1. The van der Waals surface area contributed by atoms with Crippen molar-refractivity contribution in [2.45, 2.75) is 32.9 Å². The summed E-state index contributed by atoms with van der Waals surface area (Å²) in [6, 6.07) is 7.74. The van der Waals surface area contributed by atoms with Gasteiger partial charge in [0, 0.05) is 12.6 Å². The van der Waals surface area contributed by atoms with Crippen LogP contribution in [0, 0.1) is 5.92 Å². The molecule has 0 aliphatic rings. The molecule has 18 heavy (non-hydrogen) atoms. The number of carboxylic acid groups (broad SMARTS) is 1. The highest BCUT2D eigenvalue weighted by Crippen LogP contribution is 2.13. The van der Waals surface area contributed by atoms with Crippen LogP contribution in [0.25, 0.3) is 0 Å². The fourth-order valence-corrected chi connectivity index (χ4v) is 1.76. The first-order valence-electron chi connectivity index (χ1n) is 6.11. The monoisotopic (exact) mass is 251 g/mol. The van der Waals surface area contributed by atoms with Crippen molar-refractivity contribution in [2.24, 2.45) is 5.92 Å². The highest BCUT2D eigenvalue weighted by atomic mass is 16.5. The molecule has 1 rings (SSSR count). The first-order chi connectivity index (χ1) is 8.52. The quantitative estimate of drug-likeness (QED) is 0.780. The van der Waals surface area contributed by atoms with Gasteiger partial charge in [-0.05, 0) is 23.6 Å². The molecule has 0 aliphatic heterocycles. The largest absolute Gasteiger partial charge is 0.497 e. The van der Waals surface area contributed by atoms with E-state index in [0.29, 0.717) is 6.54 Å². The molecule has 0 radical (unpaired) electrons. The predicted molar refractivity (Wildman–Crippen MR) is 70.7 cm³/mol. The van der Waals surface area contributed by atoms with Crippen LogP contribution < -0.4 is 10.1 Å². The van der Waals surface area contributed by atoms with Crippen molar-refractivity contribution in [3.8, 4) is 5.75 Å². The van der Waals surface area contributed by atoms with Crippen molar-refractivity contribution < 1.29 is 14.6 Å². The Labute approximate surface area is 108 Å². The number of methoxy groups -OCH3 is 1. The zero-order valence-electron chi connectivity index (χ0n) is 11.1. The number of rotatable bonds is 7. The second-order valence-corrected chi connectivity index (χ2v) is 4.68. The summed E-state index contributed by atoms with van der Waals surface area (Å²) in [6.45, 7) is 4.69. The van der Waals surface area contributed by atoms with Crippen LogP contribution in [0.5, 0.6) is 5.75 Å². The van der Waals surface area contributed by atoms with E-state index in [4.69, 9.17) is 9.84 Å². The van der Waals surface area contributed by atoms with Gasteiger partial charge in [0.05, 0.1) is 13.5 Å². The zero-order valence-corrected chi connectivity index (χ0v) is 11.1. The third-order valence-electron chi connectivity index (χ3n) is 2.90. The van der Waals surface area contributed by atoms with Crippen molar-refractivity contribution in [2.75, 3.05) is 7.11 Å². The van der Waals surface area contributed by atoms with Crippen LogP contribution in [0.3, 0.4) is 0 Å². The van der Waals surface area contributed by atoms with Gasteiger partial charge in [-0.2, -0.15) is 0 Å². The Kier molecular flexibility index (Phi) is 5.65. The van der Waals surface area contributed by atoms with Crippen molar-refractivity contribution in [1.29, 1.82) is 0 Å². The Morgan fingerprint density at radius 2 is 2.17 bits per heavy atom. The van der Waals surface area contributed by atoms with Gasteiger partial charge in [0.1, 0.15) is 5.75 Å². The molecule has 2 N–H and O–H groups in total. The summed E-state index contributed by atoms with van der Waals surface area (Å²) >= 11 is 0. The van der Waals surface area contributed by atoms with Crippen molar-refractivity contribution in [3.05, 3.63) is 29.8 Å². The maximum Gasteiger partial charge on any atom is 0.304 e. The standard InChI is InChI=1S/C14H21NO3/c1-10(2)13(8-14(16)17)15-9-11-5-4-6-12(7-11)18-3/h4-7,10,13,15H,8-9H2,1-3H3,(H,16,17)/t13-/m0/s1. The molecule has 0 aliphatic carbocycles. The number of carboxylic acids is 1. The van der Waals surface area contributed by atoms with Crippen LogP contribution in [0.1, 0.15) is 25.8 Å². The van der Waals surface area contributed by atoms with Gasteiger partial charge in [-0.3, -0.25) is 4.79 Å². The Morgan fingerprint density at radius 1 is 1.44 bits per heavy atom. The van der Waals surface area contributed by atoms with Crippen LogP contribution >= 0.6 is 0 Å². The fraction of sp³-hybridized carbons (Fsp3) is 0.500. The number of aliphatic carboxylic acids is 1. The molecule has 1 aromatic carbocycles. The lowest BCUT2D eigenvalue weighted by Gasteiger charge is -2.20. The van der Waals surface area contributed by atoms with E-state index in [1.165, 1.54) is 0 Å². The second kappa shape index (κ2) is 7.01. The van der Waals surface area contributed by atoms with E-state index in [9.17, 15) is 4.79 Å². The van der Waals surface area contributed by atoms with Crippen molar-refractivity contribution in [3.63, 3.8) is 0 Å². The average Bonchev–Trinajstić information content (AvgIpc) is 2.34. The predicted octanol–water partition coefficient (Wildman–Crippen LogP) is 2.28. The summed E-state index contributed by atoms with van der Waals surface area (Å²) < 4.78 is 5.15. The van der Waals surface area contributed by atoms with Gasteiger partial charge >= 0.3 is 5.97 Å². The molecule has 0 saturated heterocycles. The third-order valence-corrected chi connectivity index (χ3v) is 2.90. The lowest BCUT2D eigenvalue weighted by atomic mass is 10.0. The van der Waals surface area contributed by atoms with Crippen LogP contribution in [0.2, 0.25) is 0 Å². The fourth-order valence-electron chi connectivity index (χ4n) is 1.76. The first-order valence-corrected chi connectivity index (χ1v) is 6.11. The lowest BCUT2D eigenvalue weighted by Crippen LogP contribution is -2.35. The topological polar surface area (TPSA) is 58.6 Å². The summed E-state index contributed by atoms with van der Waals surface area (Å²) in [7, 11) is 1.63. The molecule has 4 nitrogen and oxygen atoms in total. The van der Waals surface area contributed by atoms with E-state index >= 15 is 0 Å². The summed E-state index contributed by atoms with van der Waals surface area (Å²) in [5.41, 5.74) is 1.09. The van der Waals surface area contributed by atoms with Crippen LogP contribution in [0.15, 0.2) is 24.3 Å². The van der Waals surface area contributed by atoms with Crippen LogP contribution in [0.4, 0.5) is 0 Å². The molecule has 0 aromatic heterocycles. The van der Waals surface area contributed by atoms with E-state index in [-0.39, 0.29) is 18.4 Å². The van der Waals surface area contributed by atoms with E-state index < -0.39 is 5.97 Å². The Morgan fingerprint density at radius 3 is 2.72 bits per heavy atom. The van der Waals surface area contributed by atoms with Gasteiger partial charge in [0.15, 0.2) is 0 Å². The minimum atomic E-state index is -0.771. The van der Waals surface area contributed by atoms with E-state index in [1.807, 2.05) is 38.1 Å². The summed E-state index contributed by atoms with van der Waals surface area (Å²) in [4.78, 5) is 10.8. The molecule has 0 bridgehead atoms. The molecular weight excluding hydrogens is 230 g/mol. The van der Waals surface area contributed by atoms with Crippen LogP contribution in [-0.2, 0) is 11.3 Å². The Balaban J connectivity index is 2.57. The molecule has 1 atom stereocenters. The SMILES string of the molecule is COc1cccc(CN[C@@H](CC(=O)O)C(C)C)c1. The normalized spacial score (nSPS) is 12.4.